The zero-order chi connectivity index (χ0) is 14.5. The molecule has 1 N–H and O–H groups in total. The second-order valence-electron chi connectivity index (χ2n) is 4.73. The quantitative estimate of drug-likeness (QED) is 0.872. The van der Waals surface area contributed by atoms with E-state index in [1.54, 1.807) is 20.5 Å². The summed E-state index contributed by atoms with van der Waals surface area (Å²) in [6, 6.07) is 9.90. The molecule has 0 amide bonds. The molecule has 1 heterocycles. The monoisotopic (exact) mass is 275 g/mol. The van der Waals surface area contributed by atoms with Gasteiger partial charge in [-0.25, -0.2) is 0 Å². The molecular formula is C16H21NO3. The Kier molecular flexibility index (Phi) is 4.69. The van der Waals surface area contributed by atoms with Crippen molar-refractivity contribution < 1.29 is 13.9 Å². The van der Waals surface area contributed by atoms with Gasteiger partial charge in [-0.3, -0.25) is 0 Å². The molecule has 0 spiro atoms. The van der Waals surface area contributed by atoms with E-state index in [4.69, 9.17) is 13.9 Å². The predicted molar refractivity (Wildman–Crippen MR) is 78.2 cm³/mol. The summed E-state index contributed by atoms with van der Waals surface area (Å²) in [5, 5.41) is 3.50. The van der Waals surface area contributed by atoms with Crippen LogP contribution in [0.5, 0.6) is 11.5 Å². The maximum absolute atomic E-state index is 5.42. The van der Waals surface area contributed by atoms with Gasteiger partial charge in [0.15, 0.2) is 0 Å². The van der Waals surface area contributed by atoms with Crippen LogP contribution in [0.3, 0.4) is 0 Å². The first-order valence-electron chi connectivity index (χ1n) is 6.67. The van der Waals surface area contributed by atoms with E-state index in [-0.39, 0.29) is 12.1 Å². The normalized spacial score (nSPS) is 13.8. The fourth-order valence-corrected chi connectivity index (χ4v) is 2.26. The van der Waals surface area contributed by atoms with Crippen molar-refractivity contribution in [2.75, 3.05) is 14.2 Å². The fourth-order valence-electron chi connectivity index (χ4n) is 2.26. The molecule has 20 heavy (non-hydrogen) atoms. The Bertz CT molecular complexity index is 537. The van der Waals surface area contributed by atoms with Crippen LogP contribution in [0.1, 0.15) is 37.3 Å². The molecule has 0 aliphatic carbocycles. The van der Waals surface area contributed by atoms with Crippen LogP contribution in [-0.4, -0.2) is 14.2 Å². The Balaban J connectivity index is 2.17. The van der Waals surface area contributed by atoms with Gasteiger partial charge in [0.2, 0.25) is 0 Å². The molecule has 4 nitrogen and oxygen atoms in total. The molecular weight excluding hydrogens is 254 g/mol. The lowest BCUT2D eigenvalue weighted by Crippen LogP contribution is -2.22. The second kappa shape index (κ2) is 6.48. The van der Waals surface area contributed by atoms with Crippen LogP contribution in [0.2, 0.25) is 0 Å². The van der Waals surface area contributed by atoms with E-state index in [9.17, 15) is 0 Å². The number of hydrogen-bond acceptors (Lipinski definition) is 4. The highest BCUT2D eigenvalue weighted by atomic mass is 16.5. The molecule has 0 fully saturated rings. The van der Waals surface area contributed by atoms with Crippen molar-refractivity contribution in [1.29, 1.82) is 0 Å². The Morgan fingerprint density at radius 2 is 1.85 bits per heavy atom. The highest BCUT2D eigenvalue weighted by Crippen LogP contribution is 2.30. The highest BCUT2D eigenvalue weighted by Gasteiger charge is 2.17. The van der Waals surface area contributed by atoms with Gasteiger partial charge >= 0.3 is 0 Å². The summed E-state index contributed by atoms with van der Waals surface area (Å²) in [5.74, 6) is 2.58. The maximum atomic E-state index is 5.42. The van der Waals surface area contributed by atoms with Crippen LogP contribution < -0.4 is 14.8 Å². The van der Waals surface area contributed by atoms with Crippen LogP contribution in [0.4, 0.5) is 0 Å². The highest BCUT2D eigenvalue weighted by molar-refractivity contribution is 5.42. The molecule has 2 aromatic rings. The SMILES string of the molecule is COc1ccc(OC)c(C(C)N[C@H](C)c2ccco2)c1. The van der Waals surface area contributed by atoms with Crippen molar-refractivity contribution in [1.82, 2.24) is 5.32 Å². The van der Waals surface area contributed by atoms with Gasteiger partial charge in [0.25, 0.3) is 0 Å². The number of hydrogen-bond donors (Lipinski definition) is 1. The van der Waals surface area contributed by atoms with Crippen LogP contribution in [0.25, 0.3) is 0 Å². The zero-order valence-electron chi connectivity index (χ0n) is 12.3. The molecule has 2 rings (SSSR count). The van der Waals surface area contributed by atoms with Crippen LogP contribution in [-0.2, 0) is 0 Å². The summed E-state index contributed by atoms with van der Waals surface area (Å²) in [6.07, 6.45) is 1.68. The fraction of sp³-hybridized carbons (Fsp3) is 0.375. The smallest absolute Gasteiger partial charge is 0.123 e. The number of furan rings is 1. The van der Waals surface area contributed by atoms with E-state index < -0.39 is 0 Å². The van der Waals surface area contributed by atoms with E-state index in [1.807, 2.05) is 30.3 Å². The van der Waals surface area contributed by atoms with E-state index in [0.29, 0.717) is 0 Å². The molecule has 1 aromatic carbocycles. The van der Waals surface area contributed by atoms with Gasteiger partial charge in [-0.2, -0.15) is 0 Å². The second-order valence-corrected chi connectivity index (χ2v) is 4.73. The lowest BCUT2D eigenvalue weighted by Gasteiger charge is -2.21. The summed E-state index contributed by atoms with van der Waals surface area (Å²) in [6.45, 7) is 4.17. The Hall–Kier alpha value is -1.94. The van der Waals surface area contributed by atoms with Crippen LogP contribution in [0.15, 0.2) is 41.0 Å². The van der Waals surface area contributed by atoms with E-state index in [1.165, 1.54) is 0 Å². The minimum atomic E-state index is 0.111. The molecule has 0 saturated carbocycles. The van der Waals surface area contributed by atoms with Crippen molar-refractivity contribution in [2.45, 2.75) is 25.9 Å². The third kappa shape index (κ3) is 3.14. The molecule has 4 heteroatoms. The Morgan fingerprint density at radius 3 is 2.45 bits per heavy atom. The van der Waals surface area contributed by atoms with Crippen molar-refractivity contribution in [3.05, 3.63) is 47.9 Å². The van der Waals surface area contributed by atoms with Gasteiger partial charge < -0.3 is 19.2 Å². The van der Waals surface area contributed by atoms with Gasteiger partial charge in [-0.1, -0.05) is 0 Å². The van der Waals surface area contributed by atoms with E-state index in [0.717, 1.165) is 22.8 Å². The summed E-state index contributed by atoms with van der Waals surface area (Å²) in [4.78, 5) is 0. The lowest BCUT2D eigenvalue weighted by molar-refractivity contribution is 0.374. The average molecular weight is 275 g/mol. The van der Waals surface area contributed by atoms with Crippen molar-refractivity contribution in [3.63, 3.8) is 0 Å². The van der Waals surface area contributed by atoms with Gasteiger partial charge in [0.05, 0.1) is 26.5 Å². The topological polar surface area (TPSA) is 43.6 Å². The van der Waals surface area contributed by atoms with Crippen molar-refractivity contribution in [3.8, 4) is 11.5 Å². The summed E-state index contributed by atoms with van der Waals surface area (Å²) >= 11 is 0. The van der Waals surface area contributed by atoms with Crippen LogP contribution in [0, 0.1) is 0 Å². The largest absolute Gasteiger partial charge is 0.497 e. The van der Waals surface area contributed by atoms with Crippen LogP contribution >= 0.6 is 0 Å². The molecule has 1 unspecified atom stereocenters. The van der Waals surface area contributed by atoms with Gasteiger partial charge in [0.1, 0.15) is 17.3 Å². The number of methoxy groups -OCH3 is 2. The first-order valence-corrected chi connectivity index (χ1v) is 6.67. The predicted octanol–water partition coefficient (Wildman–Crippen LogP) is 3.71. The number of ether oxygens (including phenoxy) is 2. The third-order valence-electron chi connectivity index (χ3n) is 3.37. The Labute approximate surface area is 119 Å². The summed E-state index contributed by atoms with van der Waals surface area (Å²) in [7, 11) is 3.34. The maximum Gasteiger partial charge on any atom is 0.123 e. The molecule has 0 aliphatic rings. The molecule has 0 aliphatic heterocycles. The first kappa shape index (κ1) is 14.5. The minimum absolute atomic E-state index is 0.111. The number of nitrogens with one attached hydrogen (secondary N) is 1. The zero-order valence-corrected chi connectivity index (χ0v) is 12.3. The minimum Gasteiger partial charge on any atom is -0.497 e. The Morgan fingerprint density at radius 1 is 1.05 bits per heavy atom. The number of rotatable bonds is 6. The van der Waals surface area contributed by atoms with Crippen molar-refractivity contribution in [2.24, 2.45) is 0 Å². The van der Waals surface area contributed by atoms with Gasteiger partial charge in [-0.05, 0) is 44.2 Å². The third-order valence-corrected chi connectivity index (χ3v) is 3.37. The molecule has 108 valence electrons. The molecule has 0 saturated heterocycles. The summed E-state index contributed by atoms with van der Waals surface area (Å²) in [5.41, 5.74) is 1.06. The average Bonchev–Trinajstić information content (AvgIpc) is 3.00. The van der Waals surface area contributed by atoms with E-state index >= 15 is 0 Å². The van der Waals surface area contributed by atoms with Crippen molar-refractivity contribution >= 4 is 0 Å². The lowest BCUT2D eigenvalue weighted by atomic mass is 10.1. The van der Waals surface area contributed by atoms with Gasteiger partial charge in [-0.15, -0.1) is 0 Å². The van der Waals surface area contributed by atoms with Gasteiger partial charge in [0, 0.05) is 11.6 Å². The number of benzene rings is 1. The first-order chi connectivity index (χ1) is 9.65. The summed E-state index contributed by atoms with van der Waals surface area (Å²) < 4.78 is 16.1. The molecule has 0 bridgehead atoms. The molecule has 0 radical (unpaired) electrons. The van der Waals surface area contributed by atoms with E-state index in [2.05, 4.69) is 19.2 Å². The molecule has 1 aromatic heterocycles. The molecule has 2 atom stereocenters. The standard InChI is InChI=1S/C16H21NO3/c1-11(17-12(2)15-6-5-9-20-15)14-10-13(18-3)7-8-16(14)19-4/h5-12,17H,1-4H3/t11?,12-/m1/s1.